The number of fused-ring (bicyclic) bond motifs is 3. The summed E-state index contributed by atoms with van der Waals surface area (Å²) in [7, 11) is 0. The van der Waals surface area contributed by atoms with E-state index in [1.165, 1.54) is 11.1 Å². The maximum absolute atomic E-state index is 13.3. The number of aromatic nitrogens is 2. The maximum Gasteiger partial charge on any atom is 0.242 e. The minimum atomic E-state index is -0.0657. The third kappa shape index (κ3) is 4.34. The van der Waals surface area contributed by atoms with Gasteiger partial charge in [0.1, 0.15) is 17.5 Å². The number of anilines is 3. The van der Waals surface area contributed by atoms with Crippen LogP contribution in [0.1, 0.15) is 50.2 Å². The van der Waals surface area contributed by atoms with Gasteiger partial charge in [-0.2, -0.15) is 0 Å². The van der Waals surface area contributed by atoms with Crippen molar-refractivity contribution in [3.8, 4) is 0 Å². The van der Waals surface area contributed by atoms with E-state index in [1.807, 2.05) is 30.3 Å². The lowest BCUT2D eigenvalue weighted by Crippen LogP contribution is -2.58. The van der Waals surface area contributed by atoms with Crippen molar-refractivity contribution >= 4 is 34.8 Å². The van der Waals surface area contributed by atoms with Crippen LogP contribution in [0, 0.1) is 0 Å². The summed E-state index contributed by atoms with van der Waals surface area (Å²) in [4.78, 5) is 27.1. The van der Waals surface area contributed by atoms with Crippen LogP contribution in [-0.2, 0) is 16.6 Å². The standard InChI is InChI=1S/C27H30ClN5O/c1-4-7-23-30-24(29-19-12-10-18(28)11-13-19)14-25(31-23)32-15-22-20-8-5-6-9-21(20)27(2,3)17-33(22)26(34)16-32/h5-6,8-14,22H,4,7,15-17H2,1-3H3,(H,29,30,31). The highest BCUT2D eigenvalue weighted by atomic mass is 35.5. The van der Waals surface area contributed by atoms with Crippen LogP contribution < -0.4 is 10.2 Å². The van der Waals surface area contributed by atoms with Gasteiger partial charge in [0.2, 0.25) is 5.91 Å². The number of nitrogens with one attached hydrogen (secondary N) is 1. The number of amides is 1. The van der Waals surface area contributed by atoms with Gasteiger partial charge in [-0.15, -0.1) is 0 Å². The van der Waals surface area contributed by atoms with Gasteiger partial charge in [0.15, 0.2) is 0 Å². The zero-order valence-electron chi connectivity index (χ0n) is 19.9. The van der Waals surface area contributed by atoms with E-state index in [4.69, 9.17) is 21.6 Å². The van der Waals surface area contributed by atoms with Crippen molar-refractivity contribution < 1.29 is 4.79 Å². The minimum absolute atomic E-state index is 0.0164. The summed E-state index contributed by atoms with van der Waals surface area (Å²) in [6, 6.07) is 18.0. The van der Waals surface area contributed by atoms with E-state index in [0.29, 0.717) is 18.1 Å². The maximum atomic E-state index is 13.3. The Balaban J connectivity index is 1.48. The Morgan fingerprint density at radius 3 is 2.65 bits per heavy atom. The molecule has 3 heterocycles. The molecule has 0 bridgehead atoms. The molecule has 0 aliphatic carbocycles. The highest BCUT2D eigenvalue weighted by Crippen LogP contribution is 2.42. The molecule has 5 rings (SSSR count). The number of hydrogen-bond acceptors (Lipinski definition) is 5. The number of piperazine rings is 1. The van der Waals surface area contributed by atoms with Gasteiger partial charge in [0, 0.05) is 41.7 Å². The Morgan fingerprint density at radius 1 is 1.12 bits per heavy atom. The lowest BCUT2D eigenvalue weighted by atomic mass is 9.75. The molecule has 2 aliphatic rings. The molecular formula is C27H30ClN5O. The fourth-order valence-corrected chi connectivity index (χ4v) is 5.21. The normalized spacial score (nSPS) is 18.9. The van der Waals surface area contributed by atoms with Crippen LogP contribution in [0.2, 0.25) is 5.02 Å². The molecule has 7 heteroatoms. The lowest BCUT2D eigenvalue weighted by molar-refractivity contribution is -0.135. The Hall–Kier alpha value is -3.12. The van der Waals surface area contributed by atoms with Gasteiger partial charge < -0.3 is 15.1 Å². The molecule has 1 saturated heterocycles. The third-order valence-corrected chi connectivity index (χ3v) is 6.96. The first-order chi connectivity index (χ1) is 16.3. The summed E-state index contributed by atoms with van der Waals surface area (Å²) < 4.78 is 0. The van der Waals surface area contributed by atoms with E-state index in [0.717, 1.165) is 42.5 Å². The average Bonchev–Trinajstić information content (AvgIpc) is 2.81. The van der Waals surface area contributed by atoms with Crippen LogP contribution in [0.3, 0.4) is 0 Å². The number of nitrogens with zero attached hydrogens (tertiary/aromatic N) is 4. The Kier molecular flexibility index (Phi) is 5.94. The van der Waals surface area contributed by atoms with Crippen molar-refractivity contribution in [3.63, 3.8) is 0 Å². The van der Waals surface area contributed by atoms with Crippen LogP contribution >= 0.6 is 11.6 Å². The zero-order chi connectivity index (χ0) is 23.9. The van der Waals surface area contributed by atoms with Gasteiger partial charge in [-0.25, -0.2) is 9.97 Å². The largest absolute Gasteiger partial charge is 0.345 e. The van der Waals surface area contributed by atoms with Crippen LogP contribution in [-0.4, -0.2) is 40.4 Å². The number of hydrogen-bond donors (Lipinski definition) is 1. The zero-order valence-corrected chi connectivity index (χ0v) is 20.6. The average molecular weight is 476 g/mol. The number of benzene rings is 2. The van der Waals surface area contributed by atoms with Gasteiger partial charge in [-0.3, -0.25) is 4.79 Å². The van der Waals surface area contributed by atoms with Gasteiger partial charge in [0.25, 0.3) is 0 Å². The molecule has 2 aliphatic heterocycles. The topological polar surface area (TPSA) is 61.4 Å². The minimum Gasteiger partial charge on any atom is -0.345 e. The summed E-state index contributed by atoms with van der Waals surface area (Å²) in [6.45, 7) is 8.32. The van der Waals surface area contributed by atoms with E-state index in [9.17, 15) is 4.79 Å². The second-order valence-electron chi connectivity index (χ2n) is 9.80. The van der Waals surface area contributed by atoms with Crippen molar-refractivity contribution in [1.82, 2.24) is 14.9 Å². The third-order valence-electron chi connectivity index (χ3n) is 6.70. The Bertz CT molecular complexity index is 1210. The molecule has 1 N–H and O–H groups in total. The summed E-state index contributed by atoms with van der Waals surface area (Å²) in [6.07, 6.45) is 1.72. The Morgan fingerprint density at radius 2 is 1.88 bits per heavy atom. The molecule has 1 atom stereocenters. The first kappa shape index (κ1) is 22.7. The first-order valence-electron chi connectivity index (χ1n) is 11.9. The molecule has 34 heavy (non-hydrogen) atoms. The van der Waals surface area contributed by atoms with Crippen molar-refractivity contribution in [2.24, 2.45) is 0 Å². The van der Waals surface area contributed by atoms with Crippen LogP contribution in [0.15, 0.2) is 54.6 Å². The lowest BCUT2D eigenvalue weighted by Gasteiger charge is -2.50. The SMILES string of the molecule is CCCc1nc(Nc2ccc(Cl)cc2)cc(N2CC(=O)N3CC(C)(C)c4ccccc4C3C2)n1. The van der Waals surface area contributed by atoms with Crippen molar-refractivity contribution in [3.05, 3.63) is 76.6 Å². The van der Waals surface area contributed by atoms with E-state index in [-0.39, 0.29) is 17.4 Å². The number of carbonyl (C=O) groups is 1. The molecule has 1 aromatic heterocycles. The molecular weight excluding hydrogens is 446 g/mol. The van der Waals surface area contributed by atoms with Gasteiger partial charge in [-0.1, -0.05) is 56.6 Å². The van der Waals surface area contributed by atoms with Crippen molar-refractivity contribution in [2.45, 2.75) is 45.1 Å². The van der Waals surface area contributed by atoms with E-state index in [1.54, 1.807) is 0 Å². The summed E-state index contributed by atoms with van der Waals surface area (Å²) in [5.74, 6) is 2.42. The quantitative estimate of drug-likeness (QED) is 0.527. The van der Waals surface area contributed by atoms with Crippen LogP contribution in [0.25, 0.3) is 0 Å². The van der Waals surface area contributed by atoms with Gasteiger partial charge >= 0.3 is 0 Å². The Labute approximate surface area is 206 Å². The molecule has 0 spiro atoms. The second kappa shape index (κ2) is 8.91. The number of halogens is 1. The second-order valence-corrected chi connectivity index (χ2v) is 10.2. The fourth-order valence-electron chi connectivity index (χ4n) is 5.08. The van der Waals surface area contributed by atoms with Crippen molar-refractivity contribution in [2.75, 3.05) is 29.9 Å². The van der Waals surface area contributed by atoms with E-state index < -0.39 is 0 Å². The first-order valence-corrected chi connectivity index (χ1v) is 12.3. The summed E-state index contributed by atoms with van der Waals surface area (Å²) >= 11 is 6.04. The summed E-state index contributed by atoms with van der Waals surface area (Å²) in [5, 5.41) is 4.06. The van der Waals surface area contributed by atoms with Crippen LogP contribution in [0.4, 0.5) is 17.3 Å². The molecule has 1 amide bonds. The number of rotatable bonds is 5. The molecule has 0 saturated carbocycles. The fraction of sp³-hybridized carbons (Fsp3) is 0.370. The molecule has 6 nitrogen and oxygen atoms in total. The molecule has 1 fully saturated rings. The van der Waals surface area contributed by atoms with Crippen molar-refractivity contribution in [1.29, 1.82) is 0 Å². The molecule has 2 aromatic carbocycles. The van der Waals surface area contributed by atoms with E-state index >= 15 is 0 Å². The predicted octanol–water partition coefficient (Wildman–Crippen LogP) is 5.51. The van der Waals surface area contributed by atoms with E-state index in [2.05, 4.69) is 60.2 Å². The molecule has 0 radical (unpaired) electrons. The predicted molar refractivity (Wildman–Crippen MR) is 137 cm³/mol. The molecule has 1 unspecified atom stereocenters. The summed E-state index contributed by atoms with van der Waals surface area (Å²) in [5.41, 5.74) is 3.40. The van der Waals surface area contributed by atoms with Gasteiger partial charge in [0.05, 0.1) is 12.6 Å². The highest BCUT2D eigenvalue weighted by Gasteiger charge is 2.43. The molecule has 176 valence electrons. The molecule has 3 aromatic rings. The highest BCUT2D eigenvalue weighted by molar-refractivity contribution is 6.30. The smallest absolute Gasteiger partial charge is 0.242 e. The number of carbonyl (C=O) groups excluding carboxylic acids is 1. The monoisotopic (exact) mass is 475 g/mol. The van der Waals surface area contributed by atoms with Crippen LogP contribution in [0.5, 0.6) is 0 Å². The number of aryl methyl sites for hydroxylation is 1. The van der Waals surface area contributed by atoms with Gasteiger partial charge in [-0.05, 0) is 41.8 Å².